The van der Waals surface area contributed by atoms with E-state index >= 15 is 0 Å². The van der Waals surface area contributed by atoms with Gasteiger partial charge in [-0.1, -0.05) is 6.92 Å². The number of nitrogens with one attached hydrogen (secondary N) is 1. The van der Waals surface area contributed by atoms with Crippen LogP contribution in [0.15, 0.2) is 0 Å². The number of hydrogen-bond donors (Lipinski definition) is 1. The summed E-state index contributed by atoms with van der Waals surface area (Å²) in [6, 6.07) is 0. The summed E-state index contributed by atoms with van der Waals surface area (Å²) in [4.78, 5) is 26.5. The predicted octanol–water partition coefficient (Wildman–Crippen LogP) is -0.323. The Hall–Kier alpha value is -1.10. The molecule has 0 atom stereocenters. The number of nitrogens with zero attached hydrogens (tertiary/aromatic N) is 2. The van der Waals surface area contributed by atoms with E-state index in [1.165, 1.54) is 0 Å². The zero-order valence-corrected chi connectivity index (χ0v) is 10.2. The maximum absolute atomic E-state index is 11.7. The van der Waals surface area contributed by atoms with Crippen molar-refractivity contribution in [1.82, 2.24) is 15.1 Å². The van der Waals surface area contributed by atoms with Gasteiger partial charge in [-0.25, -0.2) is 0 Å². The van der Waals surface area contributed by atoms with Crippen LogP contribution in [-0.4, -0.2) is 60.9 Å². The second kappa shape index (κ2) is 6.48. The molecule has 0 saturated carbocycles. The fourth-order valence-corrected chi connectivity index (χ4v) is 1.80. The molecule has 0 radical (unpaired) electrons. The number of piperazine rings is 1. The van der Waals surface area contributed by atoms with Gasteiger partial charge in [-0.3, -0.25) is 9.59 Å². The lowest BCUT2D eigenvalue weighted by Crippen LogP contribution is -2.50. The number of amides is 2. The molecule has 1 heterocycles. The van der Waals surface area contributed by atoms with Crippen LogP contribution in [0.5, 0.6) is 0 Å². The van der Waals surface area contributed by atoms with Gasteiger partial charge in [0.2, 0.25) is 11.8 Å². The van der Waals surface area contributed by atoms with Crippen molar-refractivity contribution < 1.29 is 9.59 Å². The molecule has 1 saturated heterocycles. The SMILES string of the molecule is CCNCCC(=O)N1CCN(C(C)=O)CC1. The summed E-state index contributed by atoms with van der Waals surface area (Å²) in [5.41, 5.74) is 0. The van der Waals surface area contributed by atoms with Crippen molar-refractivity contribution >= 4 is 11.8 Å². The summed E-state index contributed by atoms with van der Waals surface area (Å²) < 4.78 is 0. The third kappa shape index (κ3) is 3.81. The van der Waals surface area contributed by atoms with Crippen LogP contribution in [0.1, 0.15) is 20.3 Å². The summed E-state index contributed by atoms with van der Waals surface area (Å²) in [6.45, 7) is 7.91. The number of carbonyl (C=O) groups is 2. The highest BCUT2D eigenvalue weighted by Crippen LogP contribution is 2.03. The highest BCUT2D eigenvalue weighted by Gasteiger charge is 2.21. The molecular formula is C11H21N3O2. The fraction of sp³-hybridized carbons (Fsp3) is 0.818. The van der Waals surface area contributed by atoms with Gasteiger partial charge in [-0.05, 0) is 6.54 Å². The number of rotatable bonds is 4. The molecule has 5 heteroatoms. The maximum Gasteiger partial charge on any atom is 0.223 e. The van der Waals surface area contributed by atoms with E-state index < -0.39 is 0 Å². The summed E-state index contributed by atoms with van der Waals surface area (Å²) in [6.07, 6.45) is 0.550. The van der Waals surface area contributed by atoms with Crippen molar-refractivity contribution in [2.45, 2.75) is 20.3 Å². The monoisotopic (exact) mass is 227 g/mol. The number of hydrogen-bond acceptors (Lipinski definition) is 3. The molecule has 0 aromatic rings. The molecule has 5 nitrogen and oxygen atoms in total. The molecule has 0 aromatic carbocycles. The maximum atomic E-state index is 11.7. The van der Waals surface area contributed by atoms with Gasteiger partial charge >= 0.3 is 0 Å². The first-order valence-corrected chi connectivity index (χ1v) is 5.89. The van der Waals surface area contributed by atoms with Crippen LogP contribution in [0.25, 0.3) is 0 Å². The molecule has 0 bridgehead atoms. The Kier molecular flexibility index (Phi) is 5.25. The minimum absolute atomic E-state index is 0.0970. The predicted molar refractivity (Wildman–Crippen MR) is 62.0 cm³/mol. The molecule has 1 fully saturated rings. The van der Waals surface area contributed by atoms with Crippen LogP contribution in [-0.2, 0) is 9.59 Å². The van der Waals surface area contributed by atoms with E-state index in [1.807, 2.05) is 11.8 Å². The Balaban J connectivity index is 2.25. The Bertz CT molecular complexity index is 248. The summed E-state index contributed by atoms with van der Waals surface area (Å²) in [5.74, 6) is 0.281. The van der Waals surface area contributed by atoms with E-state index in [-0.39, 0.29) is 11.8 Å². The van der Waals surface area contributed by atoms with Crippen molar-refractivity contribution in [2.24, 2.45) is 0 Å². The lowest BCUT2D eigenvalue weighted by molar-refractivity contribution is -0.138. The van der Waals surface area contributed by atoms with Crippen LogP contribution in [0.4, 0.5) is 0 Å². The van der Waals surface area contributed by atoms with Crippen LogP contribution in [0, 0.1) is 0 Å². The average Bonchev–Trinajstić information content (AvgIpc) is 2.29. The summed E-state index contributed by atoms with van der Waals surface area (Å²) in [5, 5.41) is 3.13. The van der Waals surface area contributed by atoms with E-state index in [1.54, 1.807) is 11.8 Å². The van der Waals surface area contributed by atoms with E-state index in [4.69, 9.17) is 0 Å². The number of carbonyl (C=O) groups excluding carboxylic acids is 2. The summed E-state index contributed by atoms with van der Waals surface area (Å²) in [7, 11) is 0. The van der Waals surface area contributed by atoms with Gasteiger partial charge in [0.25, 0.3) is 0 Å². The van der Waals surface area contributed by atoms with Crippen molar-refractivity contribution in [3.8, 4) is 0 Å². The topological polar surface area (TPSA) is 52.7 Å². The van der Waals surface area contributed by atoms with Crippen LogP contribution >= 0.6 is 0 Å². The van der Waals surface area contributed by atoms with E-state index in [0.29, 0.717) is 32.6 Å². The Morgan fingerprint density at radius 1 is 1.12 bits per heavy atom. The largest absolute Gasteiger partial charge is 0.339 e. The second-order valence-corrected chi connectivity index (χ2v) is 3.99. The molecule has 1 aliphatic heterocycles. The van der Waals surface area contributed by atoms with Gasteiger partial charge in [0.15, 0.2) is 0 Å². The highest BCUT2D eigenvalue weighted by molar-refractivity contribution is 5.77. The third-order valence-corrected chi connectivity index (χ3v) is 2.84. The molecule has 0 aliphatic carbocycles. The van der Waals surface area contributed by atoms with Gasteiger partial charge in [-0.15, -0.1) is 0 Å². The van der Waals surface area contributed by atoms with E-state index in [9.17, 15) is 9.59 Å². The van der Waals surface area contributed by atoms with Crippen LogP contribution < -0.4 is 5.32 Å². The minimum atomic E-state index is 0.0970. The quantitative estimate of drug-likeness (QED) is 0.670. The van der Waals surface area contributed by atoms with Gasteiger partial charge in [-0.2, -0.15) is 0 Å². The van der Waals surface area contributed by atoms with Crippen LogP contribution in [0.3, 0.4) is 0 Å². The molecule has 92 valence electrons. The zero-order chi connectivity index (χ0) is 12.0. The molecule has 1 rings (SSSR count). The first kappa shape index (κ1) is 13.0. The first-order valence-electron chi connectivity index (χ1n) is 5.89. The fourth-order valence-electron chi connectivity index (χ4n) is 1.80. The summed E-state index contributed by atoms with van der Waals surface area (Å²) >= 11 is 0. The standard InChI is InChI=1S/C11H21N3O2/c1-3-12-5-4-11(16)14-8-6-13(7-9-14)10(2)15/h12H,3-9H2,1-2H3. The molecule has 1 N–H and O–H groups in total. The van der Waals surface area contributed by atoms with Crippen LogP contribution in [0.2, 0.25) is 0 Å². The minimum Gasteiger partial charge on any atom is -0.339 e. The molecule has 2 amide bonds. The van der Waals surface area contributed by atoms with Crippen molar-refractivity contribution in [1.29, 1.82) is 0 Å². The molecular weight excluding hydrogens is 206 g/mol. The molecule has 0 aromatic heterocycles. The third-order valence-electron chi connectivity index (χ3n) is 2.84. The van der Waals surface area contributed by atoms with Gasteiger partial charge in [0.1, 0.15) is 0 Å². The average molecular weight is 227 g/mol. The lowest BCUT2D eigenvalue weighted by Gasteiger charge is -2.34. The van der Waals surface area contributed by atoms with Gasteiger partial charge in [0, 0.05) is 46.1 Å². The Labute approximate surface area is 96.8 Å². The second-order valence-electron chi connectivity index (χ2n) is 3.99. The molecule has 1 aliphatic rings. The van der Waals surface area contributed by atoms with Crippen molar-refractivity contribution in [3.05, 3.63) is 0 Å². The zero-order valence-electron chi connectivity index (χ0n) is 10.2. The molecule has 16 heavy (non-hydrogen) atoms. The van der Waals surface area contributed by atoms with Crippen molar-refractivity contribution in [2.75, 3.05) is 39.3 Å². The Morgan fingerprint density at radius 3 is 2.19 bits per heavy atom. The highest BCUT2D eigenvalue weighted by atomic mass is 16.2. The van der Waals surface area contributed by atoms with Gasteiger partial charge in [0.05, 0.1) is 0 Å². The lowest BCUT2D eigenvalue weighted by atomic mass is 10.2. The van der Waals surface area contributed by atoms with Crippen molar-refractivity contribution in [3.63, 3.8) is 0 Å². The normalized spacial score (nSPS) is 16.4. The smallest absolute Gasteiger partial charge is 0.223 e. The Morgan fingerprint density at radius 2 is 1.69 bits per heavy atom. The van der Waals surface area contributed by atoms with E-state index in [0.717, 1.165) is 13.1 Å². The molecule has 0 unspecified atom stereocenters. The van der Waals surface area contributed by atoms with Gasteiger partial charge < -0.3 is 15.1 Å². The van der Waals surface area contributed by atoms with E-state index in [2.05, 4.69) is 5.32 Å². The molecule has 0 spiro atoms. The first-order chi connectivity index (χ1) is 7.65.